The van der Waals surface area contributed by atoms with Gasteiger partial charge in [-0.15, -0.1) is 23.7 Å². The Morgan fingerprint density at radius 1 is 1.39 bits per heavy atom. The molecule has 0 radical (unpaired) electrons. The Hall–Kier alpha value is -1.63. The number of piperidine rings is 1. The molecule has 124 valence electrons. The molecule has 1 aromatic heterocycles. The van der Waals surface area contributed by atoms with Gasteiger partial charge in [0.15, 0.2) is 0 Å². The molecule has 1 aliphatic heterocycles. The predicted octanol–water partition coefficient (Wildman–Crippen LogP) is 2.80. The summed E-state index contributed by atoms with van der Waals surface area (Å²) < 4.78 is 5.15. The van der Waals surface area contributed by atoms with Crippen molar-refractivity contribution in [1.29, 1.82) is 0 Å². The van der Waals surface area contributed by atoms with Gasteiger partial charge in [-0.05, 0) is 37.1 Å². The predicted molar refractivity (Wildman–Crippen MR) is 94.5 cm³/mol. The van der Waals surface area contributed by atoms with Crippen molar-refractivity contribution >= 4 is 29.7 Å². The Balaban J connectivity index is 0.00000192. The maximum absolute atomic E-state index is 12.5. The van der Waals surface area contributed by atoms with E-state index in [9.17, 15) is 4.79 Å². The summed E-state index contributed by atoms with van der Waals surface area (Å²) in [5, 5.41) is 0.840. The third-order valence-electron chi connectivity index (χ3n) is 3.80. The molecule has 1 atom stereocenters. The van der Waals surface area contributed by atoms with E-state index < -0.39 is 0 Å². The monoisotopic (exact) mass is 353 g/mol. The minimum absolute atomic E-state index is 0. The van der Waals surface area contributed by atoms with Gasteiger partial charge < -0.3 is 15.4 Å². The summed E-state index contributed by atoms with van der Waals surface area (Å²) in [6.45, 7) is 1.41. The molecule has 1 aromatic carbocycles. The SMILES string of the molecule is COc1ccc(-c2ncc(C(=O)N3CCCC(N)C3)s2)cc1.Cl. The second-order valence-corrected chi connectivity index (χ2v) is 6.44. The van der Waals surface area contributed by atoms with Crippen LogP contribution >= 0.6 is 23.7 Å². The van der Waals surface area contributed by atoms with Crippen molar-refractivity contribution in [2.45, 2.75) is 18.9 Å². The van der Waals surface area contributed by atoms with Gasteiger partial charge in [-0.2, -0.15) is 0 Å². The summed E-state index contributed by atoms with van der Waals surface area (Å²) in [6.07, 6.45) is 3.62. The lowest BCUT2D eigenvalue weighted by molar-refractivity contribution is 0.0713. The number of hydrogen-bond donors (Lipinski definition) is 1. The molecule has 2 aromatic rings. The van der Waals surface area contributed by atoms with E-state index in [2.05, 4.69) is 4.98 Å². The van der Waals surface area contributed by atoms with E-state index in [-0.39, 0.29) is 24.4 Å². The lowest BCUT2D eigenvalue weighted by Crippen LogP contribution is -2.45. The highest BCUT2D eigenvalue weighted by atomic mass is 35.5. The van der Waals surface area contributed by atoms with Crippen molar-refractivity contribution in [3.63, 3.8) is 0 Å². The van der Waals surface area contributed by atoms with Crippen LogP contribution in [0.2, 0.25) is 0 Å². The smallest absolute Gasteiger partial charge is 0.265 e. The zero-order valence-corrected chi connectivity index (χ0v) is 14.5. The number of rotatable bonds is 3. The second kappa shape index (κ2) is 7.77. The van der Waals surface area contributed by atoms with Crippen LogP contribution in [-0.2, 0) is 0 Å². The number of methoxy groups -OCH3 is 1. The number of hydrogen-bond acceptors (Lipinski definition) is 5. The van der Waals surface area contributed by atoms with Crippen molar-refractivity contribution < 1.29 is 9.53 Å². The molecule has 1 saturated heterocycles. The van der Waals surface area contributed by atoms with Crippen LogP contribution in [0, 0.1) is 0 Å². The van der Waals surface area contributed by atoms with Crippen LogP contribution in [0.1, 0.15) is 22.5 Å². The Morgan fingerprint density at radius 2 is 2.13 bits per heavy atom. The number of ether oxygens (including phenoxy) is 1. The van der Waals surface area contributed by atoms with Gasteiger partial charge in [-0.25, -0.2) is 4.98 Å². The number of amides is 1. The third-order valence-corrected chi connectivity index (χ3v) is 4.83. The van der Waals surface area contributed by atoms with Gasteiger partial charge in [0, 0.05) is 24.7 Å². The lowest BCUT2D eigenvalue weighted by Gasteiger charge is -2.30. The number of thiazole rings is 1. The molecule has 1 aliphatic rings. The first-order valence-corrected chi connectivity index (χ1v) is 8.14. The Bertz CT molecular complexity index is 660. The van der Waals surface area contributed by atoms with E-state index in [1.165, 1.54) is 11.3 Å². The molecule has 1 amide bonds. The number of carbonyl (C=O) groups is 1. The summed E-state index contributed by atoms with van der Waals surface area (Å²) in [5.74, 6) is 0.839. The van der Waals surface area contributed by atoms with Gasteiger partial charge in [-0.1, -0.05) is 0 Å². The molecule has 2 N–H and O–H groups in total. The number of benzene rings is 1. The average molecular weight is 354 g/mol. The largest absolute Gasteiger partial charge is 0.497 e. The molecule has 2 heterocycles. The Labute approximate surface area is 145 Å². The van der Waals surface area contributed by atoms with Gasteiger partial charge in [0.2, 0.25) is 0 Å². The van der Waals surface area contributed by atoms with E-state index in [1.54, 1.807) is 13.3 Å². The fourth-order valence-electron chi connectivity index (χ4n) is 2.59. The number of carbonyl (C=O) groups excluding carboxylic acids is 1. The number of aromatic nitrogens is 1. The highest BCUT2D eigenvalue weighted by Gasteiger charge is 2.24. The zero-order chi connectivity index (χ0) is 15.5. The van der Waals surface area contributed by atoms with Gasteiger partial charge in [0.25, 0.3) is 5.91 Å². The molecule has 3 rings (SSSR count). The molecule has 23 heavy (non-hydrogen) atoms. The third kappa shape index (κ3) is 4.02. The van der Waals surface area contributed by atoms with E-state index in [0.29, 0.717) is 11.4 Å². The second-order valence-electron chi connectivity index (χ2n) is 5.41. The fraction of sp³-hybridized carbons (Fsp3) is 0.375. The van der Waals surface area contributed by atoms with Crippen LogP contribution in [0.15, 0.2) is 30.5 Å². The van der Waals surface area contributed by atoms with Crippen LogP contribution in [-0.4, -0.2) is 42.0 Å². The molecular formula is C16H20ClN3O2S. The standard InChI is InChI=1S/C16H19N3O2S.ClH/c1-21-13-6-4-11(5-7-13)15-18-9-14(22-15)16(20)19-8-2-3-12(17)10-19;/h4-7,9,12H,2-3,8,10,17H2,1H3;1H. The van der Waals surface area contributed by atoms with Crippen LogP contribution < -0.4 is 10.5 Å². The molecule has 1 unspecified atom stereocenters. The molecule has 0 aliphatic carbocycles. The normalized spacial score (nSPS) is 17.5. The molecular weight excluding hydrogens is 334 g/mol. The topological polar surface area (TPSA) is 68.5 Å². The van der Waals surface area contributed by atoms with Gasteiger partial charge >= 0.3 is 0 Å². The maximum Gasteiger partial charge on any atom is 0.265 e. The summed E-state index contributed by atoms with van der Waals surface area (Å²) in [6, 6.07) is 7.77. The highest BCUT2D eigenvalue weighted by molar-refractivity contribution is 7.16. The zero-order valence-electron chi connectivity index (χ0n) is 12.9. The van der Waals surface area contributed by atoms with Crippen molar-refractivity contribution in [3.8, 4) is 16.3 Å². The first kappa shape index (κ1) is 17.7. The first-order chi connectivity index (χ1) is 10.7. The maximum atomic E-state index is 12.5. The Morgan fingerprint density at radius 3 is 2.78 bits per heavy atom. The first-order valence-electron chi connectivity index (χ1n) is 7.32. The van der Waals surface area contributed by atoms with Crippen molar-refractivity contribution in [3.05, 3.63) is 35.3 Å². The van der Waals surface area contributed by atoms with Crippen LogP contribution in [0.4, 0.5) is 0 Å². The Kier molecular flexibility index (Phi) is 5.98. The molecule has 7 heteroatoms. The van der Waals surface area contributed by atoms with Crippen molar-refractivity contribution in [1.82, 2.24) is 9.88 Å². The van der Waals surface area contributed by atoms with Crippen LogP contribution in [0.5, 0.6) is 5.75 Å². The van der Waals surface area contributed by atoms with E-state index in [1.807, 2.05) is 29.2 Å². The molecule has 0 bridgehead atoms. The average Bonchev–Trinajstić information content (AvgIpc) is 3.04. The molecule has 0 saturated carbocycles. The summed E-state index contributed by atoms with van der Waals surface area (Å²) in [4.78, 5) is 19.4. The number of nitrogens with zero attached hydrogens (tertiary/aromatic N) is 2. The quantitative estimate of drug-likeness (QED) is 0.921. The van der Waals surface area contributed by atoms with E-state index >= 15 is 0 Å². The number of nitrogens with two attached hydrogens (primary N) is 1. The van der Waals surface area contributed by atoms with Gasteiger partial charge in [0.05, 0.1) is 13.3 Å². The molecule has 0 spiro atoms. The fourth-order valence-corrected chi connectivity index (χ4v) is 3.48. The van der Waals surface area contributed by atoms with E-state index in [0.717, 1.165) is 35.7 Å². The summed E-state index contributed by atoms with van der Waals surface area (Å²) in [5.41, 5.74) is 6.93. The minimum Gasteiger partial charge on any atom is -0.497 e. The number of halogens is 1. The number of likely N-dealkylation sites (tertiary alicyclic amines) is 1. The van der Waals surface area contributed by atoms with Crippen LogP contribution in [0.25, 0.3) is 10.6 Å². The summed E-state index contributed by atoms with van der Waals surface area (Å²) in [7, 11) is 1.64. The van der Waals surface area contributed by atoms with Crippen molar-refractivity contribution in [2.24, 2.45) is 5.73 Å². The lowest BCUT2D eigenvalue weighted by atomic mass is 10.1. The van der Waals surface area contributed by atoms with Crippen LogP contribution in [0.3, 0.4) is 0 Å². The minimum atomic E-state index is 0. The van der Waals surface area contributed by atoms with Gasteiger partial charge in [0.1, 0.15) is 15.6 Å². The van der Waals surface area contributed by atoms with Crippen molar-refractivity contribution in [2.75, 3.05) is 20.2 Å². The van der Waals surface area contributed by atoms with Gasteiger partial charge in [-0.3, -0.25) is 4.79 Å². The molecule has 1 fully saturated rings. The highest BCUT2D eigenvalue weighted by Crippen LogP contribution is 2.28. The summed E-state index contributed by atoms with van der Waals surface area (Å²) >= 11 is 1.42. The molecule has 5 nitrogen and oxygen atoms in total. The van der Waals surface area contributed by atoms with E-state index in [4.69, 9.17) is 10.5 Å².